The van der Waals surface area contributed by atoms with Crippen molar-refractivity contribution in [2.45, 2.75) is 45.6 Å². The molecule has 3 nitrogen and oxygen atoms in total. The summed E-state index contributed by atoms with van der Waals surface area (Å²) in [5.74, 6) is 1.67. The average Bonchev–Trinajstić information content (AvgIpc) is 2.41. The van der Waals surface area contributed by atoms with Crippen LogP contribution in [0.4, 0.5) is 5.69 Å². The standard InChI is InChI=1S/C16H22BrNO2/c1-16(2)6-4-3-5-15(16)18-12-10-14-13(9-11(12)17)19-7-8-20-14/h9-10,15,18H,3-8H2,1-2H3. The summed E-state index contributed by atoms with van der Waals surface area (Å²) in [4.78, 5) is 0. The number of hydrogen-bond acceptors (Lipinski definition) is 3. The number of halogens is 1. The minimum atomic E-state index is 0.338. The lowest BCUT2D eigenvalue weighted by Gasteiger charge is -2.40. The summed E-state index contributed by atoms with van der Waals surface area (Å²) in [5, 5.41) is 3.71. The molecule has 0 amide bonds. The second-order valence-corrected chi connectivity index (χ2v) is 7.26. The Morgan fingerprint density at radius 2 is 1.85 bits per heavy atom. The fourth-order valence-electron chi connectivity index (χ4n) is 3.12. The molecule has 1 aliphatic carbocycles. The molecular formula is C16H22BrNO2. The van der Waals surface area contributed by atoms with Gasteiger partial charge in [-0.3, -0.25) is 0 Å². The average molecular weight is 340 g/mol. The van der Waals surface area contributed by atoms with Crippen molar-refractivity contribution in [2.75, 3.05) is 18.5 Å². The second kappa shape index (κ2) is 5.47. The molecule has 1 unspecified atom stereocenters. The van der Waals surface area contributed by atoms with Gasteiger partial charge in [-0.1, -0.05) is 26.7 Å². The Hall–Kier alpha value is -0.900. The first kappa shape index (κ1) is 14.1. The Kier molecular flexibility index (Phi) is 3.85. The summed E-state index contributed by atoms with van der Waals surface area (Å²) in [7, 11) is 0. The summed E-state index contributed by atoms with van der Waals surface area (Å²) >= 11 is 3.64. The van der Waals surface area contributed by atoms with Gasteiger partial charge >= 0.3 is 0 Å². The molecule has 0 aromatic heterocycles. The van der Waals surface area contributed by atoms with Gasteiger partial charge in [0.05, 0.1) is 5.69 Å². The molecule has 1 aromatic carbocycles. The summed E-state index contributed by atoms with van der Waals surface area (Å²) in [6.07, 6.45) is 5.16. The van der Waals surface area contributed by atoms with Crippen molar-refractivity contribution in [2.24, 2.45) is 5.41 Å². The molecule has 4 heteroatoms. The Bertz CT molecular complexity index is 501. The van der Waals surface area contributed by atoms with Crippen LogP contribution in [-0.2, 0) is 0 Å². The highest BCUT2D eigenvalue weighted by Gasteiger charge is 2.32. The van der Waals surface area contributed by atoms with Crippen LogP contribution in [0.3, 0.4) is 0 Å². The topological polar surface area (TPSA) is 30.5 Å². The highest BCUT2D eigenvalue weighted by atomic mass is 79.9. The number of nitrogens with one attached hydrogen (secondary N) is 1. The number of fused-ring (bicyclic) bond motifs is 1. The van der Waals surface area contributed by atoms with E-state index in [4.69, 9.17) is 9.47 Å². The predicted molar refractivity (Wildman–Crippen MR) is 84.8 cm³/mol. The molecular weight excluding hydrogens is 318 g/mol. The predicted octanol–water partition coefficient (Wildman–Crippen LogP) is 4.60. The van der Waals surface area contributed by atoms with Crippen molar-refractivity contribution in [3.8, 4) is 11.5 Å². The third-order valence-electron chi connectivity index (χ3n) is 4.47. The van der Waals surface area contributed by atoms with Crippen LogP contribution < -0.4 is 14.8 Å². The van der Waals surface area contributed by atoms with Gasteiger partial charge in [0, 0.05) is 22.6 Å². The fraction of sp³-hybridized carbons (Fsp3) is 0.625. The largest absolute Gasteiger partial charge is 0.486 e. The lowest BCUT2D eigenvalue weighted by Crippen LogP contribution is -2.39. The van der Waals surface area contributed by atoms with Gasteiger partial charge in [0.15, 0.2) is 11.5 Å². The highest BCUT2D eigenvalue weighted by Crippen LogP contribution is 2.42. The first-order valence-corrected chi connectivity index (χ1v) is 8.21. The smallest absolute Gasteiger partial charge is 0.163 e. The van der Waals surface area contributed by atoms with Crippen molar-refractivity contribution in [3.63, 3.8) is 0 Å². The Morgan fingerprint density at radius 3 is 2.55 bits per heavy atom. The molecule has 1 fully saturated rings. The van der Waals surface area contributed by atoms with Crippen molar-refractivity contribution in [1.29, 1.82) is 0 Å². The zero-order chi connectivity index (χ0) is 14.2. The van der Waals surface area contributed by atoms with Crippen LogP contribution in [0, 0.1) is 5.41 Å². The van der Waals surface area contributed by atoms with Crippen LogP contribution in [0.25, 0.3) is 0 Å². The van der Waals surface area contributed by atoms with Crippen LogP contribution in [0.2, 0.25) is 0 Å². The van der Waals surface area contributed by atoms with Crippen molar-refractivity contribution >= 4 is 21.6 Å². The third-order valence-corrected chi connectivity index (χ3v) is 5.12. The van der Waals surface area contributed by atoms with E-state index >= 15 is 0 Å². The number of benzene rings is 1. The fourth-order valence-corrected chi connectivity index (χ4v) is 3.56. The third kappa shape index (κ3) is 2.76. The summed E-state index contributed by atoms with van der Waals surface area (Å²) in [5.41, 5.74) is 1.44. The maximum Gasteiger partial charge on any atom is 0.163 e. The molecule has 20 heavy (non-hydrogen) atoms. The summed E-state index contributed by atoms with van der Waals surface area (Å²) in [6.45, 7) is 5.97. The van der Waals surface area contributed by atoms with E-state index in [9.17, 15) is 0 Å². The van der Waals surface area contributed by atoms with Gasteiger partial charge in [0.2, 0.25) is 0 Å². The molecule has 1 saturated carbocycles. The van der Waals surface area contributed by atoms with Gasteiger partial charge in [-0.15, -0.1) is 0 Å². The van der Waals surface area contributed by atoms with Gasteiger partial charge < -0.3 is 14.8 Å². The Balaban J connectivity index is 1.83. The Morgan fingerprint density at radius 1 is 1.15 bits per heavy atom. The van der Waals surface area contributed by atoms with Crippen LogP contribution in [0.15, 0.2) is 16.6 Å². The second-order valence-electron chi connectivity index (χ2n) is 6.41. The molecule has 1 heterocycles. The lowest BCUT2D eigenvalue weighted by atomic mass is 9.73. The zero-order valence-electron chi connectivity index (χ0n) is 12.2. The normalized spacial score (nSPS) is 24.2. The molecule has 2 aliphatic rings. The number of anilines is 1. The quantitative estimate of drug-likeness (QED) is 0.853. The molecule has 0 spiro atoms. The molecule has 3 rings (SSSR count). The molecule has 1 aliphatic heterocycles. The van der Waals surface area contributed by atoms with Crippen LogP contribution in [0.1, 0.15) is 39.5 Å². The minimum Gasteiger partial charge on any atom is -0.486 e. The molecule has 0 radical (unpaired) electrons. The minimum absolute atomic E-state index is 0.338. The van der Waals surface area contributed by atoms with E-state index in [1.807, 2.05) is 6.07 Å². The SMILES string of the molecule is CC1(C)CCCCC1Nc1cc2c(cc1Br)OCCO2. The van der Waals surface area contributed by atoms with E-state index in [1.54, 1.807) is 0 Å². The first-order valence-electron chi connectivity index (χ1n) is 7.42. The lowest BCUT2D eigenvalue weighted by molar-refractivity contribution is 0.171. The molecule has 0 saturated heterocycles. The van der Waals surface area contributed by atoms with Crippen molar-refractivity contribution in [3.05, 3.63) is 16.6 Å². The summed E-state index contributed by atoms with van der Waals surface area (Å²) in [6, 6.07) is 4.57. The van der Waals surface area contributed by atoms with E-state index < -0.39 is 0 Å². The first-order chi connectivity index (χ1) is 9.56. The Labute approximate surface area is 129 Å². The van der Waals surface area contributed by atoms with E-state index in [1.165, 1.54) is 25.7 Å². The molecule has 1 aromatic rings. The van der Waals surface area contributed by atoms with Gasteiger partial charge in [-0.25, -0.2) is 0 Å². The van der Waals surface area contributed by atoms with Gasteiger partial charge in [-0.2, -0.15) is 0 Å². The van der Waals surface area contributed by atoms with E-state index in [-0.39, 0.29) is 0 Å². The van der Waals surface area contributed by atoms with E-state index in [0.29, 0.717) is 24.7 Å². The molecule has 0 bridgehead atoms. The monoisotopic (exact) mass is 339 g/mol. The molecule has 1 atom stereocenters. The van der Waals surface area contributed by atoms with Crippen molar-refractivity contribution < 1.29 is 9.47 Å². The van der Waals surface area contributed by atoms with E-state index in [0.717, 1.165) is 21.7 Å². The van der Waals surface area contributed by atoms with Crippen molar-refractivity contribution in [1.82, 2.24) is 0 Å². The number of rotatable bonds is 2. The molecule has 110 valence electrons. The summed E-state index contributed by atoms with van der Waals surface area (Å²) < 4.78 is 12.3. The molecule has 1 N–H and O–H groups in total. The maximum atomic E-state index is 5.67. The van der Waals surface area contributed by atoms with Gasteiger partial charge in [0.25, 0.3) is 0 Å². The van der Waals surface area contributed by atoms with Gasteiger partial charge in [-0.05, 0) is 34.2 Å². The van der Waals surface area contributed by atoms with Crippen LogP contribution >= 0.6 is 15.9 Å². The van der Waals surface area contributed by atoms with Crippen LogP contribution in [-0.4, -0.2) is 19.3 Å². The van der Waals surface area contributed by atoms with E-state index in [2.05, 4.69) is 41.2 Å². The van der Waals surface area contributed by atoms with Gasteiger partial charge in [0.1, 0.15) is 13.2 Å². The zero-order valence-corrected chi connectivity index (χ0v) is 13.8. The number of ether oxygens (including phenoxy) is 2. The number of hydrogen-bond donors (Lipinski definition) is 1. The van der Waals surface area contributed by atoms with Crippen LogP contribution in [0.5, 0.6) is 11.5 Å². The maximum absolute atomic E-state index is 5.67. The highest BCUT2D eigenvalue weighted by molar-refractivity contribution is 9.10.